The summed E-state index contributed by atoms with van der Waals surface area (Å²) >= 11 is 1.69. The van der Waals surface area contributed by atoms with Crippen molar-refractivity contribution in [2.75, 3.05) is 20.0 Å². The zero-order chi connectivity index (χ0) is 25.9. The Morgan fingerprint density at radius 3 is 2.32 bits per heavy atom. The van der Waals surface area contributed by atoms with Gasteiger partial charge in [-0.1, -0.05) is 31.7 Å². The minimum Gasteiger partial charge on any atom is -0.481 e. The second-order valence-corrected chi connectivity index (χ2v) is 10.1. The third-order valence-electron chi connectivity index (χ3n) is 5.04. The Morgan fingerprint density at radius 1 is 1.21 bits per heavy atom. The summed E-state index contributed by atoms with van der Waals surface area (Å²) in [7, 11) is 3.01. The van der Waals surface area contributed by atoms with Crippen LogP contribution in [0.25, 0.3) is 0 Å². The van der Waals surface area contributed by atoms with E-state index >= 15 is 0 Å². The van der Waals surface area contributed by atoms with E-state index in [9.17, 15) is 24.4 Å². The summed E-state index contributed by atoms with van der Waals surface area (Å²) < 4.78 is 5.13. The van der Waals surface area contributed by atoms with E-state index in [2.05, 4.69) is 4.98 Å². The number of rotatable bonds is 12. The SMILES string of the molecule is CCC(=O)N(C(CC)c1ccc(OC)nc1)C(CCC#N)(SC(C)=O)C(=O)N(C)CSC(C)=O. The molecule has 2 atom stereocenters. The lowest BCUT2D eigenvalue weighted by atomic mass is 9.98. The Bertz CT molecular complexity index is 919. The number of aromatic nitrogens is 1. The summed E-state index contributed by atoms with van der Waals surface area (Å²) in [4.78, 5) is 56.6. The maximum atomic E-state index is 13.9. The van der Waals surface area contributed by atoms with Gasteiger partial charge in [-0.2, -0.15) is 5.26 Å². The summed E-state index contributed by atoms with van der Waals surface area (Å²) in [6.45, 7) is 6.28. The molecular formula is C23H32N4O5S2. The molecular weight excluding hydrogens is 476 g/mol. The van der Waals surface area contributed by atoms with Crippen molar-refractivity contribution in [3.8, 4) is 11.9 Å². The molecule has 0 saturated heterocycles. The number of ether oxygens (including phenoxy) is 1. The molecule has 0 saturated carbocycles. The molecule has 186 valence electrons. The third-order valence-corrected chi connectivity index (χ3v) is 7.17. The number of carbonyl (C=O) groups is 4. The number of likely N-dealkylation sites (N-methyl/N-ethyl adjacent to an activating group) is 1. The fourth-order valence-electron chi connectivity index (χ4n) is 3.56. The topological polar surface area (TPSA) is 121 Å². The lowest BCUT2D eigenvalue weighted by molar-refractivity contribution is -0.150. The predicted molar refractivity (Wildman–Crippen MR) is 133 cm³/mol. The number of nitrogens with zero attached hydrogens (tertiary/aromatic N) is 4. The minimum atomic E-state index is -1.67. The lowest BCUT2D eigenvalue weighted by Crippen LogP contribution is -2.60. The number of thioether (sulfide) groups is 2. The number of amides is 2. The van der Waals surface area contributed by atoms with Crippen LogP contribution in [0.5, 0.6) is 5.88 Å². The quantitative estimate of drug-likeness (QED) is 0.389. The molecule has 0 aliphatic heterocycles. The van der Waals surface area contributed by atoms with Crippen molar-refractivity contribution in [1.29, 1.82) is 5.26 Å². The molecule has 0 N–H and O–H groups in total. The van der Waals surface area contributed by atoms with Crippen molar-refractivity contribution in [2.45, 2.75) is 64.3 Å². The van der Waals surface area contributed by atoms with Crippen LogP contribution in [-0.4, -0.2) is 61.7 Å². The Morgan fingerprint density at radius 2 is 1.88 bits per heavy atom. The minimum absolute atomic E-state index is 0.0481. The van der Waals surface area contributed by atoms with Crippen molar-refractivity contribution in [2.24, 2.45) is 0 Å². The number of carbonyl (C=O) groups excluding carboxylic acids is 4. The van der Waals surface area contributed by atoms with Crippen molar-refractivity contribution in [1.82, 2.24) is 14.8 Å². The van der Waals surface area contributed by atoms with Gasteiger partial charge < -0.3 is 14.5 Å². The lowest BCUT2D eigenvalue weighted by Gasteiger charge is -2.46. The monoisotopic (exact) mass is 508 g/mol. The Labute approximate surface area is 209 Å². The van der Waals surface area contributed by atoms with Crippen LogP contribution in [0.1, 0.15) is 65.0 Å². The second kappa shape index (κ2) is 14.0. The molecule has 0 aliphatic rings. The van der Waals surface area contributed by atoms with E-state index in [0.29, 0.717) is 17.9 Å². The van der Waals surface area contributed by atoms with Crippen LogP contribution in [0, 0.1) is 11.3 Å². The fourth-order valence-corrected chi connectivity index (χ4v) is 5.30. The van der Waals surface area contributed by atoms with E-state index in [4.69, 9.17) is 4.74 Å². The second-order valence-electron chi connectivity index (χ2n) is 7.48. The standard InChI is InChI=1S/C23H32N4O5S2/c1-7-19(18-10-11-20(32-6)25-14-18)27(21(30)8-2)23(12-9-13-24,34-17(4)29)22(31)26(5)15-33-16(3)28/h10-11,14,19H,7-9,12,15H2,1-6H3. The smallest absolute Gasteiger partial charge is 0.260 e. The molecule has 0 aliphatic carbocycles. The van der Waals surface area contributed by atoms with Gasteiger partial charge in [0, 0.05) is 52.4 Å². The number of pyridine rings is 1. The van der Waals surface area contributed by atoms with Crippen LogP contribution in [-0.2, 0) is 19.2 Å². The molecule has 1 aromatic heterocycles. The van der Waals surface area contributed by atoms with Crippen LogP contribution < -0.4 is 4.74 Å². The molecule has 11 heteroatoms. The highest BCUT2D eigenvalue weighted by atomic mass is 32.2. The highest BCUT2D eigenvalue weighted by Crippen LogP contribution is 2.43. The number of nitriles is 1. The predicted octanol–water partition coefficient (Wildman–Crippen LogP) is 3.76. The first-order valence-corrected chi connectivity index (χ1v) is 12.7. The number of hydrogen-bond acceptors (Lipinski definition) is 9. The van der Waals surface area contributed by atoms with Crippen LogP contribution in [0.2, 0.25) is 0 Å². The van der Waals surface area contributed by atoms with Crippen molar-refractivity contribution < 1.29 is 23.9 Å². The Balaban J connectivity index is 3.76. The van der Waals surface area contributed by atoms with Crippen LogP contribution >= 0.6 is 23.5 Å². The van der Waals surface area contributed by atoms with Gasteiger partial charge in [0.05, 0.1) is 25.1 Å². The largest absolute Gasteiger partial charge is 0.481 e. The molecule has 2 unspecified atom stereocenters. The first-order valence-electron chi connectivity index (χ1n) is 10.8. The average Bonchev–Trinajstić information content (AvgIpc) is 2.82. The summed E-state index contributed by atoms with van der Waals surface area (Å²) in [5.41, 5.74) is 0.671. The maximum Gasteiger partial charge on any atom is 0.260 e. The molecule has 0 aromatic carbocycles. The van der Waals surface area contributed by atoms with Gasteiger partial charge in [-0.05, 0) is 23.7 Å². The van der Waals surface area contributed by atoms with Gasteiger partial charge in [-0.25, -0.2) is 4.98 Å². The fraction of sp³-hybridized carbons (Fsp3) is 0.565. The first kappa shape index (κ1) is 29.5. The van der Waals surface area contributed by atoms with Gasteiger partial charge in [-0.3, -0.25) is 19.2 Å². The summed E-state index contributed by atoms with van der Waals surface area (Å²) in [6.07, 6.45) is 2.01. The highest BCUT2D eigenvalue weighted by molar-refractivity contribution is 8.15. The molecule has 1 rings (SSSR count). The van der Waals surface area contributed by atoms with Crippen molar-refractivity contribution >= 4 is 45.6 Å². The van der Waals surface area contributed by atoms with Crippen LogP contribution in [0.15, 0.2) is 18.3 Å². The van der Waals surface area contributed by atoms with Crippen LogP contribution in [0.3, 0.4) is 0 Å². The van der Waals surface area contributed by atoms with Gasteiger partial charge in [0.25, 0.3) is 5.91 Å². The number of methoxy groups -OCH3 is 1. The average molecular weight is 509 g/mol. The number of hydrogen-bond donors (Lipinski definition) is 0. The van der Waals surface area contributed by atoms with E-state index in [1.807, 2.05) is 13.0 Å². The summed E-state index contributed by atoms with van der Waals surface area (Å²) in [6, 6.07) is 4.89. The normalized spacial score (nSPS) is 13.2. The van der Waals surface area contributed by atoms with Crippen molar-refractivity contribution in [3.05, 3.63) is 23.9 Å². The molecule has 0 bridgehead atoms. The van der Waals surface area contributed by atoms with E-state index in [0.717, 1.165) is 23.5 Å². The molecule has 9 nitrogen and oxygen atoms in total. The maximum absolute atomic E-state index is 13.9. The first-order chi connectivity index (χ1) is 16.1. The van der Waals surface area contributed by atoms with Gasteiger partial charge in [0.1, 0.15) is 0 Å². The van der Waals surface area contributed by atoms with E-state index in [1.165, 1.54) is 37.8 Å². The van der Waals surface area contributed by atoms with E-state index in [1.54, 1.807) is 25.3 Å². The highest BCUT2D eigenvalue weighted by Gasteiger charge is 2.51. The Hall–Kier alpha value is -2.58. The third kappa shape index (κ3) is 7.46. The zero-order valence-electron chi connectivity index (χ0n) is 20.5. The zero-order valence-corrected chi connectivity index (χ0v) is 22.1. The van der Waals surface area contributed by atoms with Gasteiger partial charge in [-0.15, -0.1) is 0 Å². The van der Waals surface area contributed by atoms with Gasteiger partial charge >= 0.3 is 0 Å². The molecule has 0 fully saturated rings. The molecule has 34 heavy (non-hydrogen) atoms. The molecule has 0 spiro atoms. The summed E-state index contributed by atoms with van der Waals surface area (Å²) in [5.74, 6) is -0.401. The van der Waals surface area contributed by atoms with Crippen LogP contribution in [0.4, 0.5) is 0 Å². The molecule has 2 amide bonds. The Kier molecular flexibility index (Phi) is 12.1. The molecule has 1 aromatic rings. The van der Waals surface area contributed by atoms with Crippen molar-refractivity contribution in [3.63, 3.8) is 0 Å². The molecule has 0 radical (unpaired) electrons. The van der Waals surface area contributed by atoms with Gasteiger partial charge in [0.2, 0.25) is 11.8 Å². The molecule has 1 heterocycles. The van der Waals surface area contributed by atoms with Gasteiger partial charge in [0.15, 0.2) is 15.1 Å². The van der Waals surface area contributed by atoms with E-state index in [-0.39, 0.29) is 41.3 Å². The van der Waals surface area contributed by atoms with E-state index < -0.39 is 16.8 Å². The summed E-state index contributed by atoms with van der Waals surface area (Å²) in [5, 5.41) is 8.83.